The number of sulfonamides is 1. The summed E-state index contributed by atoms with van der Waals surface area (Å²) in [7, 11) is -3.75. The van der Waals surface area contributed by atoms with Gasteiger partial charge in [-0.25, -0.2) is 13.6 Å². The first-order valence-corrected chi connectivity index (χ1v) is 8.20. The summed E-state index contributed by atoms with van der Waals surface area (Å²) in [5.41, 5.74) is 0.222. The Balaban J connectivity index is 2.01. The number of primary sulfonamides is 1. The van der Waals surface area contributed by atoms with Crippen molar-refractivity contribution < 1.29 is 21.6 Å². The van der Waals surface area contributed by atoms with E-state index < -0.39 is 21.8 Å². The van der Waals surface area contributed by atoms with Gasteiger partial charge in [-0.1, -0.05) is 30.3 Å². The van der Waals surface area contributed by atoms with Crippen LogP contribution in [0.25, 0.3) is 0 Å². The molecular weight excluding hydrogens is 329 g/mol. The zero-order valence-corrected chi connectivity index (χ0v) is 12.8. The fourth-order valence-electron chi connectivity index (χ4n) is 2.09. The summed E-state index contributed by atoms with van der Waals surface area (Å²) in [4.78, 5) is -0.0105. The van der Waals surface area contributed by atoms with E-state index in [1.807, 2.05) is 0 Å². The first kappa shape index (κ1) is 17.5. The SMILES string of the molecule is NS(=O)(=O)c1ccc(CNCc2ccccc2C(F)(F)F)cc1. The number of halogens is 3. The molecule has 0 bridgehead atoms. The van der Waals surface area contributed by atoms with Crippen LogP contribution >= 0.6 is 0 Å². The number of benzene rings is 2. The molecule has 0 aliphatic rings. The summed E-state index contributed by atoms with van der Waals surface area (Å²) in [6.45, 7) is 0.351. The maximum Gasteiger partial charge on any atom is 0.416 e. The van der Waals surface area contributed by atoms with Gasteiger partial charge in [-0.3, -0.25) is 0 Å². The van der Waals surface area contributed by atoms with Crippen LogP contribution in [0.5, 0.6) is 0 Å². The number of nitrogens with one attached hydrogen (secondary N) is 1. The molecule has 0 spiro atoms. The molecule has 4 nitrogen and oxygen atoms in total. The largest absolute Gasteiger partial charge is 0.416 e. The highest BCUT2D eigenvalue weighted by Crippen LogP contribution is 2.31. The van der Waals surface area contributed by atoms with Crippen molar-refractivity contribution in [3.8, 4) is 0 Å². The van der Waals surface area contributed by atoms with E-state index in [-0.39, 0.29) is 17.0 Å². The summed E-state index contributed by atoms with van der Waals surface area (Å²) in [6.07, 6.45) is -4.39. The molecule has 0 atom stereocenters. The van der Waals surface area contributed by atoms with Crippen LogP contribution < -0.4 is 10.5 Å². The van der Waals surface area contributed by atoms with E-state index in [0.29, 0.717) is 6.54 Å². The number of nitrogens with two attached hydrogens (primary N) is 1. The third kappa shape index (κ3) is 4.78. The smallest absolute Gasteiger partial charge is 0.309 e. The average molecular weight is 344 g/mol. The van der Waals surface area contributed by atoms with E-state index in [1.54, 1.807) is 18.2 Å². The van der Waals surface area contributed by atoms with Crippen molar-refractivity contribution in [1.29, 1.82) is 0 Å². The lowest BCUT2D eigenvalue weighted by Crippen LogP contribution is -2.17. The van der Waals surface area contributed by atoms with Crippen LogP contribution in [0.1, 0.15) is 16.7 Å². The Hall–Kier alpha value is -1.90. The van der Waals surface area contributed by atoms with Gasteiger partial charge >= 0.3 is 6.18 Å². The van der Waals surface area contributed by atoms with Crippen molar-refractivity contribution in [3.05, 3.63) is 65.2 Å². The van der Waals surface area contributed by atoms with Gasteiger partial charge in [-0.05, 0) is 29.3 Å². The quantitative estimate of drug-likeness (QED) is 0.876. The Morgan fingerprint density at radius 3 is 2.13 bits per heavy atom. The number of hydrogen-bond acceptors (Lipinski definition) is 3. The Morgan fingerprint density at radius 1 is 0.957 bits per heavy atom. The average Bonchev–Trinajstić information content (AvgIpc) is 2.46. The van der Waals surface area contributed by atoms with Crippen molar-refractivity contribution in [2.45, 2.75) is 24.2 Å². The van der Waals surface area contributed by atoms with E-state index in [1.165, 1.54) is 24.3 Å². The van der Waals surface area contributed by atoms with Crippen molar-refractivity contribution in [1.82, 2.24) is 5.32 Å². The third-order valence-corrected chi connectivity index (χ3v) is 4.15. The van der Waals surface area contributed by atoms with Gasteiger partial charge < -0.3 is 5.32 Å². The molecular formula is C15H15F3N2O2S. The Labute approximate surface area is 132 Å². The molecule has 2 aromatic rings. The van der Waals surface area contributed by atoms with Gasteiger partial charge in [0.25, 0.3) is 0 Å². The summed E-state index contributed by atoms with van der Waals surface area (Å²) in [5.74, 6) is 0. The summed E-state index contributed by atoms with van der Waals surface area (Å²) < 4.78 is 60.8. The monoisotopic (exact) mass is 344 g/mol. The van der Waals surface area contributed by atoms with E-state index in [0.717, 1.165) is 11.6 Å². The highest BCUT2D eigenvalue weighted by molar-refractivity contribution is 7.89. The van der Waals surface area contributed by atoms with Crippen LogP contribution in [0.15, 0.2) is 53.4 Å². The second-order valence-corrected chi connectivity index (χ2v) is 6.51. The van der Waals surface area contributed by atoms with E-state index in [9.17, 15) is 21.6 Å². The molecule has 0 unspecified atom stereocenters. The molecule has 0 aromatic heterocycles. The fraction of sp³-hybridized carbons (Fsp3) is 0.200. The van der Waals surface area contributed by atoms with Gasteiger partial charge in [0.05, 0.1) is 10.5 Å². The first-order valence-electron chi connectivity index (χ1n) is 6.65. The molecule has 8 heteroatoms. The second-order valence-electron chi connectivity index (χ2n) is 4.95. The maximum absolute atomic E-state index is 12.9. The first-order chi connectivity index (χ1) is 10.7. The molecule has 0 amide bonds. The Kier molecular flexibility index (Phi) is 5.08. The van der Waals surface area contributed by atoms with Crippen LogP contribution in [-0.2, 0) is 29.3 Å². The predicted octanol–water partition coefficient (Wildman–Crippen LogP) is 2.64. The van der Waals surface area contributed by atoms with E-state index in [2.05, 4.69) is 5.32 Å². The van der Waals surface area contributed by atoms with E-state index >= 15 is 0 Å². The molecule has 0 aliphatic carbocycles. The minimum atomic E-state index is -4.39. The summed E-state index contributed by atoms with van der Waals surface area (Å²) >= 11 is 0. The summed E-state index contributed by atoms with van der Waals surface area (Å²) in [5, 5.41) is 7.90. The van der Waals surface area contributed by atoms with Crippen LogP contribution in [-0.4, -0.2) is 8.42 Å². The third-order valence-electron chi connectivity index (χ3n) is 3.22. The fourth-order valence-corrected chi connectivity index (χ4v) is 2.60. The molecule has 0 aliphatic heterocycles. The second kappa shape index (κ2) is 6.69. The molecule has 0 heterocycles. The molecule has 2 aromatic carbocycles. The van der Waals surface area contributed by atoms with Crippen molar-refractivity contribution in [2.75, 3.05) is 0 Å². The lowest BCUT2D eigenvalue weighted by atomic mass is 10.1. The topological polar surface area (TPSA) is 72.2 Å². The van der Waals surface area contributed by atoms with Crippen LogP contribution in [0.2, 0.25) is 0 Å². The molecule has 0 fully saturated rings. The van der Waals surface area contributed by atoms with Gasteiger partial charge in [0.15, 0.2) is 0 Å². The highest BCUT2D eigenvalue weighted by atomic mass is 32.2. The molecule has 3 N–H and O–H groups in total. The Bertz CT molecular complexity index is 772. The zero-order valence-electron chi connectivity index (χ0n) is 12.0. The Morgan fingerprint density at radius 2 is 1.57 bits per heavy atom. The minimum Gasteiger partial charge on any atom is -0.309 e. The van der Waals surface area contributed by atoms with Crippen molar-refractivity contribution >= 4 is 10.0 Å². The lowest BCUT2D eigenvalue weighted by molar-refractivity contribution is -0.138. The predicted molar refractivity (Wildman–Crippen MR) is 79.8 cm³/mol. The molecule has 0 saturated carbocycles. The minimum absolute atomic E-state index is 0.0105. The lowest BCUT2D eigenvalue weighted by Gasteiger charge is -2.13. The number of alkyl halides is 3. The number of rotatable bonds is 5. The molecule has 0 radical (unpaired) electrons. The highest BCUT2D eigenvalue weighted by Gasteiger charge is 2.32. The van der Waals surface area contributed by atoms with Gasteiger partial charge in [0.2, 0.25) is 10.0 Å². The van der Waals surface area contributed by atoms with Gasteiger partial charge in [-0.2, -0.15) is 13.2 Å². The van der Waals surface area contributed by atoms with Gasteiger partial charge in [-0.15, -0.1) is 0 Å². The van der Waals surface area contributed by atoms with E-state index in [4.69, 9.17) is 5.14 Å². The zero-order chi connectivity index (χ0) is 17.1. The van der Waals surface area contributed by atoms with Crippen LogP contribution in [0, 0.1) is 0 Å². The molecule has 124 valence electrons. The summed E-state index contributed by atoms with van der Waals surface area (Å²) in [6, 6.07) is 11.2. The van der Waals surface area contributed by atoms with Crippen molar-refractivity contribution in [3.63, 3.8) is 0 Å². The molecule has 23 heavy (non-hydrogen) atoms. The van der Waals surface area contributed by atoms with Gasteiger partial charge in [0, 0.05) is 13.1 Å². The molecule has 2 rings (SSSR count). The standard InChI is InChI=1S/C15H15F3N2O2S/c16-15(17,18)14-4-2-1-3-12(14)10-20-9-11-5-7-13(8-6-11)23(19,21)22/h1-8,20H,9-10H2,(H2,19,21,22). The van der Waals surface area contributed by atoms with Crippen LogP contribution in [0.3, 0.4) is 0 Å². The van der Waals surface area contributed by atoms with Crippen molar-refractivity contribution in [2.24, 2.45) is 5.14 Å². The maximum atomic E-state index is 12.9. The number of hydrogen-bond donors (Lipinski definition) is 2. The van der Waals surface area contributed by atoms with Gasteiger partial charge in [0.1, 0.15) is 0 Å². The normalized spacial score (nSPS) is 12.3. The molecule has 0 saturated heterocycles. The van der Waals surface area contributed by atoms with Crippen LogP contribution in [0.4, 0.5) is 13.2 Å².